The molecule has 7 atom stereocenters. The predicted octanol–water partition coefficient (Wildman–Crippen LogP) is -9.69. The first-order valence-corrected chi connectivity index (χ1v) is 18.1. The first-order valence-electron chi connectivity index (χ1n) is 18.1. The van der Waals surface area contributed by atoms with Gasteiger partial charge in [0.15, 0.2) is 60.9 Å². The monoisotopic (exact) mass is 900 g/mol. The molecule has 0 aliphatic rings. The highest BCUT2D eigenvalue weighted by Gasteiger charge is 2.34. The van der Waals surface area contributed by atoms with Gasteiger partial charge in [0.2, 0.25) is 5.91 Å². The van der Waals surface area contributed by atoms with Crippen LogP contribution >= 0.6 is 0 Å². The highest BCUT2D eigenvalue weighted by Crippen LogP contribution is 2.23. The minimum absolute atomic E-state index is 0.130. The normalized spacial score (nSPS) is 13.8. The van der Waals surface area contributed by atoms with E-state index in [0.717, 1.165) is 0 Å². The Labute approximate surface area is 362 Å². The Bertz CT molecular complexity index is 2090. The highest BCUT2D eigenvalue weighted by atomic mass is 16.3. The number of guanidine groups is 4. The molecule has 0 aromatic heterocycles. The minimum atomic E-state index is -2.13. The third-order valence-electron chi connectivity index (χ3n) is 8.00. The van der Waals surface area contributed by atoms with Gasteiger partial charge in [-0.2, -0.15) is 0 Å². The Morgan fingerprint density at radius 2 is 0.984 bits per heavy atom. The van der Waals surface area contributed by atoms with Crippen LogP contribution in [-0.2, 0) is 40.1 Å². The number of amides is 7. The van der Waals surface area contributed by atoms with Crippen LogP contribution in [0.1, 0.15) is 17.2 Å². The lowest BCUT2D eigenvalue weighted by molar-refractivity contribution is -0.137. The van der Waals surface area contributed by atoms with Gasteiger partial charge in [-0.3, -0.25) is 60.5 Å². The number of phenols is 1. The van der Waals surface area contributed by atoms with E-state index in [-0.39, 0.29) is 17.9 Å². The van der Waals surface area contributed by atoms with Crippen LogP contribution in [0.5, 0.6) is 5.75 Å². The molecule has 2 aromatic carbocycles. The number of nitrogens with two attached hydrogens (primary N) is 6. The number of nitrogens with zero attached hydrogens (tertiary/aromatic N) is 1. The van der Waals surface area contributed by atoms with Crippen molar-refractivity contribution in [1.29, 1.82) is 21.6 Å². The summed E-state index contributed by atoms with van der Waals surface area (Å²) >= 11 is 0. The number of carbonyl (C=O) groups is 7. The molecular formula is C33H52N22O9. The number of primary amides is 1. The zero-order valence-corrected chi connectivity index (χ0v) is 34.0. The van der Waals surface area contributed by atoms with Crippen molar-refractivity contribution < 1.29 is 43.8 Å². The fourth-order valence-corrected chi connectivity index (χ4v) is 4.95. The Morgan fingerprint density at radius 1 is 0.578 bits per heavy atom. The largest absolute Gasteiger partial charge is 0.508 e. The quantitative estimate of drug-likeness (QED) is 0.0296. The molecule has 7 amide bonds. The van der Waals surface area contributed by atoms with Gasteiger partial charge in [-0.05, 0) is 11.6 Å². The molecule has 0 saturated carbocycles. The van der Waals surface area contributed by atoms with Crippen molar-refractivity contribution >= 4 is 70.9 Å². The van der Waals surface area contributed by atoms with Crippen molar-refractivity contribution in [3.05, 3.63) is 59.7 Å². The molecule has 0 fully saturated rings. The zero-order valence-electron chi connectivity index (χ0n) is 34.0. The maximum Gasteiger partial charge on any atom is 0.265 e. The molecule has 0 aliphatic carbocycles. The summed E-state index contributed by atoms with van der Waals surface area (Å²) in [6.07, 6.45) is -12.0. The molecule has 0 spiro atoms. The summed E-state index contributed by atoms with van der Waals surface area (Å²) in [5, 5.41) is 74.8. The van der Waals surface area contributed by atoms with E-state index >= 15 is 0 Å². The first kappa shape index (κ1) is 51.4. The van der Waals surface area contributed by atoms with Crippen molar-refractivity contribution in [3.63, 3.8) is 0 Å². The van der Waals surface area contributed by atoms with Crippen LogP contribution in [0.25, 0.3) is 0 Å². The average molecular weight is 901 g/mol. The number of aliphatic hydroxyl groups excluding tert-OH is 1. The maximum absolute atomic E-state index is 13.8. The van der Waals surface area contributed by atoms with E-state index in [4.69, 9.17) is 56.0 Å². The lowest BCUT2D eigenvalue weighted by Gasteiger charge is -2.28. The summed E-state index contributed by atoms with van der Waals surface area (Å²) in [6.45, 7) is -0.192. The second kappa shape index (κ2) is 23.9. The number of hydrogen-bond donors (Lipinski definition) is 23. The van der Waals surface area contributed by atoms with Crippen LogP contribution in [0, 0.1) is 21.6 Å². The average Bonchev–Trinajstić information content (AvgIpc) is 3.20. The lowest BCUT2D eigenvalue weighted by Crippen LogP contribution is -2.69. The number of aliphatic hydroxyl groups is 1. The standard InChI is InChI=1S/C33H52N22O9/c1-55(2)14-9-8-13(15(56)10-14)11-44-28(63)29(64)45-16(12-6-4-3-5-7-12)23(58)47-20(52-31(38)39)25(60)49-22(54-33(42)43)27(62)50-21(53-32(40)41)26(61)48-19(51-30(36)37)24(59)46-17(34)18(35)57/h3-10,16-17,19-22,28,44,56,63H,11,34H2,1-2H3,(H2,35,57)(H,45,64)(H,46,59)(H,47,58)(H,48,61)(H,49,60)(H,50,62)(H4,36,37,51)(H4,38,39,52)(H4,40,41,53)(H4,42,43,54). The van der Waals surface area contributed by atoms with Crippen LogP contribution < -0.4 is 97.8 Å². The van der Waals surface area contributed by atoms with Crippen LogP contribution in [0.3, 0.4) is 0 Å². The number of nitrogens with one attached hydrogen (secondary N) is 15. The Morgan fingerprint density at radius 3 is 1.36 bits per heavy atom. The molecule has 0 radical (unpaired) electrons. The molecule has 0 bridgehead atoms. The van der Waals surface area contributed by atoms with Crippen molar-refractivity contribution in [2.75, 3.05) is 19.0 Å². The summed E-state index contributed by atoms with van der Waals surface area (Å²) in [5.41, 5.74) is 33.1. The van der Waals surface area contributed by atoms with Gasteiger partial charge in [-0.25, -0.2) is 0 Å². The van der Waals surface area contributed by atoms with Crippen LogP contribution in [0.15, 0.2) is 48.5 Å². The third kappa shape index (κ3) is 16.7. The van der Waals surface area contributed by atoms with Gasteiger partial charge in [-0.15, -0.1) is 0 Å². The van der Waals surface area contributed by atoms with Crippen molar-refractivity contribution in [2.45, 2.75) is 49.6 Å². The van der Waals surface area contributed by atoms with E-state index in [1.54, 1.807) is 37.2 Å². The molecule has 0 aliphatic heterocycles. The number of aromatic hydroxyl groups is 1. The van der Waals surface area contributed by atoms with Crippen molar-refractivity contribution in [1.82, 2.24) is 58.5 Å². The molecule has 31 heteroatoms. The molecule has 7 unspecified atom stereocenters. The van der Waals surface area contributed by atoms with Gasteiger partial charge in [0.05, 0.1) is 0 Å². The van der Waals surface area contributed by atoms with E-state index in [2.05, 4.69) is 31.9 Å². The fraction of sp³-hybridized carbons (Fsp3) is 0.303. The second-order valence-corrected chi connectivity index (χ2v) is 13.2. The third-order valence-corrected chi connectivity index (χ3v) is 8.00. The number of hydrogen-bond acceptors (Lipinski definition) is 16. The lowest BCUT2D eigenvalue weighted by atomic mass is 10.1. The number of carbonyl (C=O) groups excluding carboxylic acids is 7. The Kier molecular flexibility index (Phi) is 19.2. The summed E-state index contributed by atoms with van der Waals surface area (Å²) in [6, 6.07) is 10.5. The molecular weight excluding hydrogens is 849 g/mol. The molecule has 64 heavy (non-hydrogen) atoms. The molecule has 348 valence electrons. The van der Waals surface area contributed by atoms with E-state index in [9.17, 15) is 43.8 Å². The van der Waals surface area contributed by atoms with Crippen LogP contribution in [0.2, 0.25) is 0 Å². The van der Waals surface area contributed by atoms with E-state index in [1.807, 2.05) is 26.6 Å². The molecule has 29 N–H and O–H groups in total. The molecule has 2 aromatic rings. The van der Waals surface area contributed by atoms with E-state index < -0.39 is 108 Å². The SMILES string of the molecule is CN(C)c1ccc(CNC(O)C(=O)NC(C(=O)NC(NC(=N)N)C(=O)NC(NC(=N)N)C(=O)NC(NC(=N)N)C(=O)NC(NC(=N)N)C(=O)NC(N)C(N)=O)c2ccccc2)c(O)c1. The second-order valence-electron chi connectivity index (χ2n) is 13.2. The smallest absolute Gasteiger partial charge is 0.265 e. The summed E-state index contributed by atoms with van der Waals surface area (Å²) in [4.78, 5) is 93.2. The zero-order chi connectivity index (χ0) is 48.4. The van der Waals surface area contributed by atoms with Crippen LogP contribution in [-0.4, -0.2) is 127 Å². The minimum Gasteiger partial charge on any atom is -0.508 e. The van der Waals surface area contributed by atoms with E-state index in [0.29, 0.717) is 11.3 Å². The first-order chi connectivity index (χ1) is 29.9. The van der Waals surface area contributed by atoms with Gasteiger partial charge in [0.25, 0.3) is 35.4 Å². The predicted molar refractivity (Wildman–Crippen MR) is 226 cm³/mol. The highest BCUT2D eigenvalue weighted by molar-refractivity contribution is 6.00. The summed E-state index contributed by atoms with van der Waals surface area (Å²) in [5.74, 6) is -12.7. The fourth-order valence-electron chi connectivity index (χ4n) is 4.95. The van der Waals surface area contributed by atoms with Gasteiger partial charge in [0.1, 0.15) is 11.8 Å². The van der Waals surface area contributed by atoms with Gasteiger partial charge in [-0.1, -0.05) is 36.4 Å². The topological polar surface area (TPSA) is 547 Å². The Hall–Kier alpha value is -8.71. The van der Waals surface area contributed by atoms with Gasteiger partial charge >= 0.3 is 0 Å². The summed E-state index contributed by atoms with van der Waals surface area (Å²) < 4.78 is 0. The molecule has 0 heterocycles. The van der Waals surface area contributed by atoms with Crippen molar-refractivity contribution in [3.8, 4) is 5.75 Å². The Balaban J connectivity index is 2.34. The van der Waals surface area contributed by atoms with Crippen molar-refractivity contribution in [2.24, 2.45) is 34.4 Å². The molecule has 31 nitrogen and oxygen atoms in total. The number of phenolic OH excluding ortho intramolecular Hbond substituents is 1. The number of anilines is 1. The number of benzene rings is 2. The van der Waals surface area contributed by atoms with E-state index in [1.165, 1.54) is 30.3 Å². The molecule has 0 saturated heterocycles. The summed E-state index contributed by atoms with van der Waals surface area (Å²) in [7, 11) is 3.53. The van der Waals surface area contributed by atoms with Gasteiger partial charge < -0.3 is 103 Å². The van der Waals surface area contributed by atoms with Gasteiger partial charge in [0, 0.05) is 38.0 Å². The molecule has 2 rings (SSSR count). The maximum atomic E-state index is 13.8. The van der Waals surface area contributed by atoms with Crippen LogP contribution in [0.4, 0.5) is 5.69 Å². The number of rotatable bonds is 22.